The molecule has 20 aromatic rings. The summed E-state index contributed by atoms with van der Waals surface area (Å²) in [6, 6.07) is 85.6. The second-order valence-electron chi connectivity index (χ2n) is 34.0. The van der Waals surface area contributed by atoms with Crippen molar-refractivity contribution in [2.45, 2.75) is 91.4 Å². The van der Waals surface area contributed by atoms with Gasteiger partial charge in [0.1, 0.15) is 111 Å². The summed E-state index contributed by atoms with van der Waals surface area (Å²) in [7, 11) is 1.74. The average molecular weight is 1950 g/mol. The molecule has 0 atom stereocenters. The van der Waals surface area contributed by atoms with Gasteiger partial charge in [-0.05, 0) is 205 Å². The Labute approximate surface area is 829 Å². The smallest absolute Gasteiger partial charge is 0.274 e. The molecule has 0 spiro atoms. The van der Waals surface area contributed by atoms with Crippen LogP contribution in [0.4, 0.5) is 22.0 Å². The first kappa shape index (κ1) is 99.5. The van der Waals surface area contributed by atoms with Crippen LogP contribution >= 0.6 is 0 Å². The van der Waals surface area contributed by atoms with Crippen LogP contribution in [0, 0.1) is 29.1 Å². The quantitative estimate of drug-likeness (QED) is 0.0304. The van der Waals surface area contributed by atoms with Crippen molar-refractivity contribution in [3.8, 4) is 28.7 Å². The summed E-state index contributed by atoms with van der Waals surface area (Å²) in [4.78, 5) is 85.1. The van der Waals surface area contributed by atoms with Gasteiger partial charge in [-0.2, -0.15) is 4.52 Å². The Morgan fingerprint density at radius 3 is 1.24 bits per heavy atom. The number of pyridine rings is 4. The van der Waals surface area contributed by atoms with Gasteiger partial charge in [-0.1, -0.05) is 158 Å². The van der Waals surface area contributed by atoms with E-state index in [-0.39, 0.29) is 84.1 Å². The molecule has 10 aromatic heterocycles. The van der Waals surface area contributed by atoms with Gasteiger partial charge in [0.2, 0.25) is 0 Å². The van der Waals surface area contributed by atoms with E-state index < -0.39 is 11.2 Å². The van der Waals surface area contributed by atoms with Crippen molar-refractivity contribution in [1.29, 1.82) is 0 Å². The molecule has 10 aromatic carbocycles. The molecule has 33 heteroatoms. The molecule has 0 radical (unpaired) electrons. The summed E-state index contributed by atoms with van der Waals surface area (Å²) in [6.45, 7) is 9.68. The minimum absolute atomic E-state index is 0.145. The van der Waals surface area contributed by atoms with Crippen LogP contribution in [-0.2, 0) is 63.7 Å². The zero-order chi connectivity index (χ0) is 101. The number of amides is 5. The van der Waals surface area contributed by atoms with E-state index in [0.717, 1.165) is 39.1 Å². The van der Waals surface area contributed by atoms with Crippen molar-refractivity contribution in [2.75, 3.05) is 7.05 Å². The number of carbonyl (C=O) groups excluding carboxylic acids is 5. The fourth-order valence-corrected chi connectivity index (χ4v) is 15.2. The van der Waals surface area contributed by atoms with E-state index in [2.05, 4.69) is 61.7 Å². The summed E-state index contributed by atoms with van der Waals surface area (Å²) in [5, 5.41) is 22.7. The largest absolute Gasteiger partial charge is 0.489 e. The maximum atomic E-state index is 14.1. The van der Waals surface area contributed by atoms with Crippen LogP contribution in [0.15, 0.2) is 378 Å². The average Bonchev–Trinajstić information content (AvgIpc) is 1.75. The van der Waals surface area contributed by atoms with E-state index in [0.29, 0.717) is 129 Å². The molecular weight excluding hydrogens is 1850 g/mol. The van der Waals surface area contributed by atoms with Gasteiger partial charge in [-0.25, -0.2) is 46.9 Å². The van der Waals surface area contributed by atoms with Crippen LogP contribution < -0.4 is 45.0 Å². The van der Waals surface area contributed by atoms with Crippen LogP contribution in [0.2, 0.25) is 0 Å². The molecule has 0 bridgehead atoms. The molecule has 0 unspecified atom stereocenters. The molecule has 0 aliphatic rings. The molecule has 730 valence electrons. The molecule has 5 amide bonds. The summed E-state index contributed by atoms with van der Waals surface area (Å²) >= 11 is 0. The first-order valence-electron chi connectivity index (χ1n) is 45.9. The normalized spacial score (nSPS) is 11.0. The zero-order valence-electron chi connectivity index (χ0n) is 79.2. The van der Waals surface area contributed by atoms with E-state index in [4.69, 9.17) is 23.7 Å². The minimum atomic E-state index is -0.816. The molecule has 145 heavy (non-hydrogen) atoms. The van der Waals surface area contributed by atoms with Gasteiger partial charge in [0.15, 0.2) is 17.0 Å². The van der Waals surface area contributed by atoms with Crippen molar-refractivity contribution in [3.63, 3.8) is 0 Å². The topological polar surface area (TPSA) is 308 Å². The number of hydrogen-bond acceptors (Lipinski definition) is 18. The second-order valence-corrected chi connectivity index (χ2v) is 34.0. The first-order chi connectivity index (χ1) is 70.4. The van der Waals surface area contributed by atoms with Crippen LogP contribution in [-0.4, -0.2) is 104 Å². The van der Waals surface area contributed by atoms with Crippen LogP contribution in [0.1, 0.15) is 135 Å². The van der Waals surface area contributed by atoms with Crippen molar-refractivity contribution in [1.82, 2.24) is 88.7 Å². The fraction of sp³-hybridized carbons (Fsp3) is 0.134. The van der Waals surface area contributed by atoms with Crippen molar-refractivity contribution in [2.24, 2.45) is 0 Å². The highest BCUT2D eigenvalue weighted by Crippen LogP contribution is 2.33. The molecule has 0 fully saturated rings. The summed E-state index contributed by atoms with van der Waals surface area (Å²) in [5.41, 5.74) is 10.6. The molecule has 10 heterocycles. The minimum Gasteiger partial charge on any atom is -0.489 e. The molecule has 0 aliphatic carbocycles. The molecule has 28 nitrogen and oxygen atoms in total. The Morgan fingerprint density at radius 1 is 0.352 bits per heavy atom. The number of imidazole rings is 4. The number of nitrogens with one attached hydrogen (secondary N) is 4. The number of tetrazole rings is 1. The van der Waals surface area contributed by atoms with Gasteiger partial charge in [0, 0.05) is 154 Å². The third kappa shape index (κ3) is 26.3. The predicted molar refractivity (Wildman–Crippen MR) is 534 cm³/mol. The van der Waals surface area contributed by atoms with Crippen molar-refractivity contribution >= 4 is 57.8 Å². The number of fused-ring (bicyclic) bond motifs is 5. The van der Waals surface area contributed by atoms with Crippen molar-refractivity contribution < 1.29 is 69.6 Å². The predicted octanol–water partition coefficient (Wildman–Crippen LogP) is 19.9. The van der Waals surface area contributed by atoms with Gasteiger partial charge in [0.05, 0.1) is 11.1 Å². The molecule has 0 aliphatic heterocycles. The number of nitrogens with zero attached hydrogens (tertiary/aromatic N) is 14. The number of hydrogen-bond donors (Lipinski definition) is 4. The van der Waals surface area contributed by atoms with E-state index in [9.17, 15) is 45.9 Å². The fourth-order valence-electron chi connectivity index (χ4n) is 15.2. The monoisotopic (exact) mass is 1950 g/mol. The Bertz CT molecular complexity index is 7640. The summed E-state index contributed by atoms with van der Waals surface area (Å²) in [6.07, 6.45) is 22.6. The number of ether oxygens (including phenoxy) is 5. The maximum Gasteiger partial charge on any atom is 0.274 e. The second kappa shape index (κ2) is 46.9. The number of aromatic nitrogens is 13. The lowest BCUT2D eigenvalue weighted by Crippen LogP contribution is -2.26. The summed E-state index contributed by atoms with van der Waals surface area (Å²) < 4.78 is 107. The first-order valence-corrected chi connectivity index (χ1v) is 45.9. The lowest BCUT2D eigenvalue weighted by atomic mass is 9.97. The number of benzene rings is 10. The lowest BCUT2D eigenvalue weighted by Gasteiger charge is -2.27. The maximum absolute atomic E-state index is 14.1. The molecule has 4 N–H and O–H groups in total. The highest BCUT2D eigenvalue weighted by Gasteiger charge is 2.29. The Morgan fingerprint density at radius 2 is 0.752 bits per heavy atom. The molecular formula is C112H97F5N18O10. The Hall–Kier alpha value is -18.6. The number of rotatable bonds is 30. The highest BCUT2D eigenvalue weighted by atomic mass is 19.1. The van der Waals surface area contributed by atoms with Crippen LogP contribution in [0.3, 0.4) is 0 Å². The van der Waals surface area contributed by atoms with E-state index in [1.54, 1.807) is 228 Å². The number of carbonyl (C=O) groups is 5. The third-order valence-corrected chi connectivity index (χ3v) is 22.9. The SMILES string of the molecule is CC(C)(Oc1ccc(CNC(=O)c2cccn3ccnc23)cc1)c1ccccc1F.CC(C)(Oc1ccc(CNC(=O)c2ccn3ccnc3c2)cc1)c1ccccc1F.CN(Cc1ccc(OCc2ccccc2F)cc1)C(=O)c1cn2ccccc2n1.O=C(NCc1ccc(OCc2ccccc2F)cc1)c1cccn2nnnc12.O=C(NCc1ccc(OCc2ccccc2F)cc1)c1nccn2ccnc12. The highest BCUT2D eigenvalue weighted by molar-refractivity contribution is 6.01. The van der Waals surface area contributed by atoms with E-state index in [1.165, 1.54) is 34.8 Å². The van der Waals surface area contributed by atoms with E-state index in [1.807, 2.05) is 176 Å². The van der Waals surface area contributed by atoms with Gasteiger partial charge < -0.3 is 67.5 Å². The van der Waals surface area contributed by atoms with Gasteiger partial charge >= 0.3 is 0 Å². The van der Waals surface area contributed by atoms with Crippen LogP contribution in [0.5, 0.6) is 28.7 Å². The number of halogens is 5. The Balaban J connectivity index is 0.000000130. The van der Waals surface area contributed by atoms with Crippen LogP contribution in [0.25, 0.3) is 28.2 Å². The Kier molecular flexibility index (Phi) is 32.2. The molecule has 20 rings (SSSR count). The zero-order valence-corrected chi connectivity index (χ0v) is 79.2. The van der Waals surface area contributed by atoms with Gasteiger partial charge in [-0.15, -0.1) is 5.10 Å². The van der Waals surface area contributed by atoms with Gasteiger partial charge in [0.25, 0.3) is 29.5 Å². The lowest BCUT2D eigenvalue weighted by molar-refractivity contribution is 0.0778. The van der Waals surface area contributed by atoms with E-state index >= 15 is 0 Å². The van der Waals surface area contributed by atoms with Crippen molar-refractivity contribution in [3.05, 3.63) is 491 Å². The third-order valence-electron chi connectivity index (χ3n) is 22.9. The summed E-state index contributed by atoms with van der Waals surface area (Å²) in [5.74, 6) is 0.637. The molecule has 0 saturated heterocycles. The molecule has 0 saturated carbocycles. The standard InChI is InChI=1S/2C24H22FN3O2.C23H20FN3O2.C21H17FN4O2.C20H16FN5O2/c1-24(2,20-7-3-4-8-21(20)25)30-18-11-9-17(10-12-18)16-27-23(29)19-6-5-14-28-15-13-26-22(19)28;1-24(2,20-5-3-4-6-21(20)25)30-19-9-7-17(8-10-19)16-27-23(29)18-11-13-28-14-12-26-22(28)15-18;1-26(23(28)21-15-27-13-5-4-8-22(27)25-21)14-17-9-11-19(12-10-17)29-16-18-6-2-3-7-20(18)24;22-18-4-2-1-3-16(18)14-28-17-7-5-15(6-8-17)13-25-21(27)19-20-24-10-12-26(20)11-9-23-19;21-18-6-2-1-4-15(18)13-28-16-9-7-14(8-10-16)12-22-20(27)17-5-3-11-26-19(17)23-24-25-26/h2*3-15H,16H2,1-2H3,(H,27,29);2-13,15H,14,16H2,1H3;1-12H,13-14H2,(H,25,27);1-11H,12-13H2,(H,22,27). The van der Waals surface area contributed by atoms with Gasteiger partial charge in [-0.3, -0.25) is 24.0 Å².